The van der Waals surface area contributed by atoms with Crippen LogP contribution in [-0.4, -0.2) is 20.4 Å². The largest absolute Gasteiger partial charge is 0.332 e. The maximum Gasteiger partial charge on any atom is 0.319 e. The summed E-state index contributed by atoms with van der Waals surface area (Å²) in [7, 11) is 0. The minimum Gasteiger partial charge on any atom is -0.332 e. The van der Waals surface area contributed by atoms with E-state index in [9.17, 15) is 4.79 Å². The van der Waals surface area contributed by atoms with Crippen molar-refractivity contribution in [1.29, 1.82) is 0 Å². The highest BCUT2D eigenvalue weighted by atomic mass is 35.5. The number of rotatable bonds is 3. The van der Waals surface area contributed by atoms with E-state index in [4.69, 9.17) is 11.6 Å². The summed E-state index contributed by atoms with van der Waals surface area (Å²) in [6, 6.07) is 6.85. The molecule has 0 aliphatic rings. The molecule has 4 aromatic rings. The third kappa shape index (κ3) is 2.79. The van der Waals surface area contributed by atoms with Gasteiger partial charge in [-0.3, -0.25) is 9.38 Å². The average Bonchev–Trinajstić information content (AvgIpc) is 3.17. The van der Waals surface area contributed by atoms with Gasteiger partial charge in [-0.15, -0.1) is 11.3 Å². The Labute approximate surface area is 146 Å². The van der Waals surface area contributed by atoms with Crippen molar-refractivity contribution in [3.8, 4) is 0 Å². The molecule has 24 heavy (non-hydrogen) atoms. The van der Waals surface area contributed by atoms with Crippen molar-refractivity contribution < 1.29 is 4.79 Å². The summed E-state index contributed by atoms with van der Waals surface area (Å²) in [5.41, 5.74) is 2.12. The average molecular weight is 358 g/mol. The number of urea groups is 1. The zero-order chi connectivity index (χ0) is 16.5. The predicted molar refractivity (Wildman–Crippen MR) is 95.7 cm³/mol. The van der Waals surface area contributed by atoms with Gasteiger partial charge in [-0.1, -0.05) is 11.6 Å². The molecule has 3 aromatic heterocycles. The number of aromatic nitrogens is 3. The normalized spacial score (nSPS) is 11.0. The van der Waals surface area contributed by atoms with Crippen molar-refractivity contribution in [1.82, 2.24) is 19.7 Å². The predicted octanol–water partition coefficient (Wildman–Crippen LogP) is 3.92. The fourth-order valence-corrected chi connectivity index (χ4v) is 3.38. The lowest BCUT2D eigenvalue weighted by atomic mass is 10.2. The summed E-state index contributed by atoms with van der Waals surface area (Å²) in [4.78, 5) is 21.7. The van der Waals surface area contributed by atoms with E-state index < -0.39 is 0 Å². The van der Waals surface area contributed by atoms with Gasteiger partial charge in [0.25, 0.3) is 0 Å². The van der Waals surface area contributed by atoms with E-state index in [1.165, 1.54) is 0 Å². The highest BCUT2D eigenvalue weighted by molar-refractivity contribution is 7.15. The van der Waals surface area contributed by atoms with Crippen molar-refractivity contribution in [2.24, 2.45) is 0 Å². The number of imidazole rings is 1. The number of nitrogens with zero attached hydrogens (tertiary/aromatic N) is 3. The number of carbonyl (C=O) groups is 1. The number of anilines is 1. The number of halogens is 1. The molecule has 1 aromatic carbocycles. The van der Waals surface area contributed by atoms with Crippen molar-refractivity contribution in [3.05, 3.63) is 59.0 Å². The number of thiazole rings is 1. The number of hydrogen-bond acceptors (Lipinski definition) is 4. The van der Waals surface area contributed by atoms with E-state index in [2.05, 4.69) is 20.6 Å². The molecule has 4 rings (SSSR count). The van der Waals surface area contributed by atoms with Crippen LogP contribution in [0.4, 0.5) is 10.5 Å². The quantitative estimate of drug-likeness (QED) is 0.583. The van der Waals surface area contributed by atoms with Crippen LogP contribution in [0, 0.1) is 0 Å². The number of benzene rings is 1. The second-order valence-corrected chi connectivity index (χ2v) is 6.41. The smallest absolute Gasteiger partial charge is 0.319 e. The number of fused-ring (bicyclic) bond motifs is 2. The summed E-state index contributed by atoms with van der Waals surface area (Å²) in [6.45, 7) is 0.351. The minimum absolute atomic E-state index is 0.307. The van der Waals surface area contributed by atoms with Crippen molar-refractivity contribution in [2.75, 3.05) is 5.32 Å². The van der Waals surface area contributed by atoms with Crippen LogP contribution in [0.15, 0.2) is 48.2 Å². The summed E-state index contributed by atoms with van der Waals surface area (Å²) in [5.74, 6) is 0. The maximum absolute atomic E-state index is 12.2. The Morgan fingerprint density at radius 2 is 2.25 bits per heavy atom. The van der Waals surface area contributed by atoms with Gasteiger partial charge >= 0.3 is 6.03 Å². The zero-order valence-electron chi connectivity index (χ0n) is 12.4. The van der Waals surface area contributed by atoms with E-state index in [1.54, 1.807) is 35.7 Å². The van der Waals surface area contributed by atoms with E-state index in [0.29, 0.717) is 22.8 Å². The number of pyridine rings is 1. The Kier molecular flexibility index (Phi) is 3.79. The molecule has 6 nitrogen and oxygen atoms in total. The van der Waals surface area contributed by atoms with Gasteiger partial charge in [0.1, 0.15) is 0 Å². The highest BCUT2D eigenvalue weighted by Gasteiger charge is 2.09. The van der Waals surface area contributed by atoms with Gasteiger partial charge in [0, 0.05) is 29.4 Å². The third-order valence-corrected chi connectivity index (χ3v) is 4.62. The van der Waals surface area contributed by atoms with Gasteiger partial charge in [0.05, 0.1) is 28.5 Å². The number of nitrogens with one attached hydrogen (secondary N) is 2. The van der Waals surface area contributed by atoms with Gasteiger partial charge in [0.2, 0.25) is 0 Å². The van der Waals surface area contributed by atoms with Crippen LogP contribution in [-0.2, 0) is 6.54 Å². The Hall–Kier alpha value is -2.64. The van der Waals surface area contributed by atoms with Gasteiger partial charge in [-0.25, -0.2) is 9.78 Å². The molecule has 120 valence electrons. The zero-order valence-corrected chi connectivity index (χ0v) is 13.9. The van der Waals surface area contributed by atoms with Crippen LogP contribution in [0.2, 0.25) is 5.02 Å². The Morgan fingerprint density at radius 1 is 1.33 bits per heavy atom. The standard InChI is InChI=1S/C16H12ClN5OS/c17-12-3-4-13(11-2-1-5-18-14(11)12)21-15(23)19-8-10-9-22-6-7-24-16(22)20-10/h1-7,9H,8H2,(H2,19,21,23). The number of carbonyl (C=O) groups excluding carboxylic acids is 1. The fraction of sp³-hybridized carbons (Fsp3) is 0.0625. The molecule has 0 saturated carbocycles. The van der Waals surface area contributed by atoms with Crippen LogP contribution in [0.3, 0.4) is 0 Å². The number of amides is 2. The SMILES string of the molecule is O=C(NCc1cn2ccsc2n1)Nc1ccc(Cl)c2ncccc12. The van der Waals surface area contributed by atoms with Crippen LogP contribution in [0.1, 0.15) is 5.69 Å². The second kappa shape index (κ2) is 6.10. The molecule has 0 saturated heterocycles. The molecule has 0 spiro atoms. The number of hydrogen-bond donors (Lipinski definition) is 2. The highest BCUT2D eigenvalue weighted by Crippen LogP contribution is 2.27. The first-order valence-corrected chi connectivity index (χ1v) is 8.45. The molecule has 3 heterocycles. The molecule has 8 heteroatoms. The van der Waals surface area contributed by atoms with Crippen LogP contribution < -0.4 is 10.6 Å². The Bertz CT molecular complexity index is 1010. The van der Waals surface area contributed by atoms with Gasteiger partial charge in [-0.05, 0) is 24.3 Å². The first-order chi connectivity index (χ1) is 11.7. The van der Waals surface area contributed by atoms with Gasteiger partial charge in [0.15, 0.2) is 4.96 Å². The fourth-order valence-electron chi connectivity index (χ4n) is 2.45. The molecule has 2 N–H and O–H groups in total. The Balaban J connectivity index is 1.48. The molecular formula is C16H12ClN5OS. The molecule has 0 aliphatic carbocycles. The first-order valence-electron chi connectivity index (χ1n) is 7.20. The van der Waals surface area contributed by atoms with Crippen LogP contribution in [0.5, 0.6) is 0 Å². The maximum atomic E-state index is 12.2. The summed E-state index contributed by atoms with van der Waals surface area (Å²) in [6.07, 6.45) is 5.50. The van der Waals surface area contributed by atoms with E-state index in [-0.39, 0.29) is 6.03 Å². The first kappa shape index (κ1) is 14.9. The molecule has 0 fully saturated rings. The summed E-state index contributed by atoms with van der Waals surface area (Å²) < 4.78 is 1.93. The van der Waals surface area contributed by atoms with Crippen molar-refractivity contribution in [3.63, 3.8) is 0 Å². The topological polar surface area (TPSA) is 71.3 Å². The van der Waals surface area contributed by atoms with Gasteiger partial charge in [-0.2, -0.15) is 0 Å². The molecule has 0 bridgehead atoms. The molecule has 2 amide bonds. The van der Waals surface area contributed by atoms with Crippen molar-refractivity contribution >= 4 is 50.5 Å². The molecule has 0 atom stereocenters. The van der Waals surface area contributed by atoms with E-state index >= 15 is 0 Å². The molecule has 0 radical (unpaired) electrons. The van der Waals surface area contributed by atoms with Crippen LogP contribution in [0.25, 0.3) is 15.9 Å². The third-order valence-electron chi connectivity index (χ3n) is 3.54. The molecule has 0 aliphatic heterocycles. The lowest BCUT2D eigenvalue weighted by Crippen LogP contribution is -2.28. The van der Waals surface area contributed by atoms with E-state index in [0.717, 1.165) is 16.0 Å². The Morgan fingerprint density at radius 3 is 3.12 bits per heavy atom. The van der Waals surface area contributed by atoms with Crippen LogP contribution >= 0.6 is 22.9 Å². The molecule has 0 unspecified atom stereocenters. The van der Waals surface area contributed by atoms with Gasteiger partial charge < -0.3 is 10.6 Å². The van der Waals surface area contributed by atoms with E-state index in [1.807, 2.05) is 28.2 Å². The summed E-state index contributed by atoms with van der Waals surface area (Å²) >= 11 is 7.69. The summed E-state index contributed by atoms with van der Waals surface area (Å²) in [5, 5.41) is 8.94. The lowest BCUT2D eigenvalue weighted by Gasteiger charge is -2.10. The monoisotopic (exact) mass is 357 g/mol. The minimum atomic E-state index is -0.307. The van der Waals surface area contributed by atoms with Crippen molar-refractivity contribution in [2.45, 2.75) is 6.54 Å². The molecular weight excluding hydrogens is 346 g/mol. The lowest BCUT2D eigenvalue weighted by molar-refractivity contribution is 0.251. The second-order valence-electron chi connectivity index (χ2n) is 5.13.